The van der Waals surface area contributed by atoms with Gasteiger partial charge in [0.1, 0.15) is 5.69 Å². The molecule has 20 heavy (non-hydrogen) atoms. The van der Waals surface area contributed by atoms with Gasteiger partial charge in [-0.15, -0.1) is 0 Å². The van der Waals surface area contributed by atoms with Crippen molar-refractivity contribution in [3.63, 3.8) is 0 Å². The maximum Gasteiger partial charge on any atom is 0.287 e. The van der Waals surface area contributed by atoms with Crippen molar-refractivity contribution in [3.05, 3.63) is 56.9 Å². The fourth-order valence-electron chi connectivity index (χ4n) is 1.78. The summed E-state index contributed by atoms with van der Waals surface area (Å²) in [7, 11) is 1.57. The van der Waals surface area contributed by atoms with E-state index in [1.165, 1.54) is 16.8 Å². The molecule has 0 aliphatic rings. The largest absolute Gasteiger partial charge is 0.340 e. The van der Waals surface area contributed by atoms with E-state index < -0.39 is 10.8 Å². The number of amides is 1. The molecule has 1 heterocycles. The van der Waals surface area contributed by atoms with Crippen LogP contribution in [0.5, 0.6) is 0 Å². The van der Waals surface area contributed by atoms with Gasteiger partial charge in [-0.25, -0.2) is 0 Å². The van der Waals surface area contributed by atoms with Crippen molar-refractivity contribution in [1.29, 1.82) is 0 Å². The molecule has 0 fully saturated rings. The average molecular weight is 294 g/mol. The topological polar surface area (TPSA) is 77.2 Å². The van der Waals surface area contributed by atoms with Crippen LogP contribution in [0, 0.1) is 17.0 Å². The number of hydrogen-bond donors (Lipinski definition) is 1. The number of rotatable bonds is 3. The van der Waals surface area contributed by atoms with E-state index in [-0.39, 0.29) is 11.4 Å². The summed E-state index contributed by atoms with van der Waals surface area (Å²) in [6, 6.07) is 6.45. The van der Waals surface area contributed by atoms with Crippen LogP contribution in [0.2, 0.25) is 5.02 Å². The molecule has 1 aromatic carbocycles. The third kappa shape index (κ3) is 2.80. The smallest absolute Gasteiger partial charge is 0.287 e. The van der Waals surface area contributed by atoms with Gasteiger partial charge in [0.15, 0.2) is 0 Å². The number of nitrogens with zero attached hydrogens (tertiary/aromatic N) is 2. The maximum absolute atomic E-state index is 12.1. The molecule has 104 valence electrons. The highest BCUT2D eigenvalue weighted by Crippen LogP contribution is 2.24. The summed E-state index contributed by atoms with van der Waals surface area (Å²) in [5.74, 6) is -0.452. The van der Waals surface area contributed by atoms with Gasteiger partial charge in [-0.1, -0.05) is 17.7 Å². The van der Waals surface area contributed by atoms with Crippen LogP contribution in [-0.4, -0.2) is 15.4 Å². The van der Waals surface area contributed by atoms with Gasteiger partial charge >= 0.3 is 0 Å². The Morgan fingerprint density at radius 3 is 2.65 bits per heavy atom. The molecule has 0 saturated carbocycles. The molecule has 2 rings (SSSR count). The van der Waals surface area contributed by atoms with Crippen LogP contribution in [0.25, 0.3) is 0 Å². The normalized spacial score (nSPS) is 10.3. The lowest BCUT2D eigenvalue weighted by Gasteiger charge is -2.08. The fourth-order valence-corrected chi connectivity index (χ4v) is 2.06. The molecule has 0 radical (unpaired) electrons. The zero-order valence-corrected chi connectivity index (χ0v) is 11.6. The molecule has 0 bridgehead atoms. The number of benzene rings is 1. The summed E-state index contributed by atoms with van der Waals surface area (Å²) < 4.78 is 1.40. The van der Waals surface area contributed by atoms with E-state index in [0.717, 1.165) is 5.56 Å². The quantitative estimate of drug-likeness (QED) is 0.697. The Labute approximate surface area is 120 Å². The van der Waals surface area contributed by atoms with Crippen molar-refractivity contribution in [2.24, 2.45) is 7.05 Å². The average Bonchev–Trinajstić information content (AvgIpc) is 2.75. The Morgan fingerprint density at radius 2 is 2.10 bits per heavy atom. The number of nitrogens with one attached hydrogen (secondary N) is 1. The molecule has 1 aromatic heterocycles. The third-order valence-electron chi connectivity index (χ3n) is 2.81. The van der Waals surface area contributed by atoms with Gasteiger partial charge in [0.2, 0.25) is 0 Å². The molecule has 1 amide bonds. The Kier molecular flexibility index (Phi) is 3.76. The minimum atomic E-state index is -0.546. The number of anilines is 1. The Bertz CT molecular complexity index is 694. The van der Waals surface area contributed by atoms with E-state index in [1.54, 1.807) is 19.2 Å². The van der Waals surface area contributed by atoms with Gasteiger partial charge in [0, 0.05) is 13.1 Å². The zero-order chi connectivity index (χ0) is 14.9. The van der Waals surface area contributed by atoms with Crippen molar-refractivity contribution in [2.75, 3.05) is 5.32 Å². The summed E-state index contributed by atoms with van der Waals surface area (Å²) in [4.78, 5) is 22.2. The van der Waals surface area contributed by atoms with Crippen LogP contribution in [-0.2, 0) is 7.05 Å². The first-order valence-electron chi connectivity index (χ1n) is 5.76. The summed E-state index contributed by atoms with van der Waals surface area (Å²) in [6.45, 7) is 1.89. The number of nitro groups is 1. The zero-order valence-electron chi connectivity index (χ0n) is 10.9. The van der Waals surface area contributed by atoms with Gasteiger partial charge in [0.05, 0.1) is 21.8 Å². The Hall–Kier alpha value is -2.34. The van der Waals surface area contributed by atoms with E-state index in [4.69, 9.17) is 11.6 Å². The van der Waals surface area contributed by atoms with Crippen LogP contribution in [0.3, 0.4) is 0 Å². The summed E-state index contributed by atoms with van der Waals surface area (Å²) >= 11 is 6.03. The van der Waals surface area contributed by atoms with Crippen molar-refractivity contribution >= 4 is 28.9 Å². The van der Waals surface area contributed by atoms with Crippen molar-refractivity contribution in [2.45, 2.75) is 6.92 Å². The minimum Gasteiger partial charge on any atom is -0.340 e. The third-order valence-corrected chi connectivity index (χ3v) is 3.12. The lowest BCUT2D eigenvalue weighted by atomic mass is 10.2. The second-order valence-corrected chi connectivity index (χ2v) is 4.80. The van der Waals surface area contributed by atoms with Gasteiger partial charge in [-0.2, -0.15) is 0 Å². The van der Waals surface area contributed by atoms with Crippen molar-refractivity contribution in [1.82, 2.24) is 4.57 Å². The summed E-state index contributed by atoms with van der Waals surface area (Å²) in [6.07, 6.45) is 1.28. The standard InChI is InChI=1S/C13H12ClN3O3/c1-8-3-4-11(10(14)5-8)15-13(18)12-6-9(17(19)20)7-16(12)2/h3-7H,1-2H3,(H,15,18). The van der Waals surface area contributed by atoms with Crippen molar-refractivity contribution < 1.29 is 9.72 Å². The molecule has 1 N–H and O–H groups in total. The van der Waals surface area contributed by atoms with E-state index in [0.29, 0.717) is 10.7 Å². The van der Waals surface area contributed by atoms with Gasteiger partial charge in [0.25, 0.3) is 11.6 Å². The lowest BCUT2D eigenvalue weighted by molar-refractivity contribution is -0.384. The minimum absolute atomic E-state index is 0.132. The monoisotopic (exact) mass is 293 g/mol. The maximum atomic E-state index is 12.1. The summed E-state index contributed by atoms with van der Waals surface area (Å²) in [5.41, 5.74) is 1.50. The molecule has 0 aliphatic carbocycles. The molecular formula is C13H12ClN3O3. The molecule has 7 heteroatoms. The highest BCUT2D eigenvalue weighted by atomic mass is 35.5. The Balaban J connectivity index is 2.26. The number of aromatic nitrogens is 1. The highest BCUT2D eigenvalue weighted by molar-refractivity contribution is 6.34. The first-order chi connectivity index (χ1) is 9.38. The molecule has 2 aromatic rings. The number of hydrogen-bond acceptors (Lipinski definition) is 3. The van der Waals surface area contributed by atoms with E-state index in [2.05, 4.69) is 5.32 Å². The van der Waals surface area contributed by atoms with Crippen LogP contribution in [0.15, 0.2) is 30.5 Å². The van der Waals surface area contributed by atoms with Crippen LogP contribution < -0.4 is 5.32 Å². The number of carbonyl (C=O) groups is 1. The fraction of sp³-hybridized carbons (Fsp3) is 0.154. The molecule has 0 saturated heterocycles. The van der Waals surface area contributed by atoms with Gasteiger partial charge in [-0.05, 0) is 24.6 Å². The molecule has 6 nitrogen and oxygen atoms in total. The van der Waals surface area contributed by atoms with Gasteiger partial charge in [-0.3, -0.25) is 14.9 Å². The second-order valence-electron chi connectivity index (χ2n) is 4.39. The SMILES string of the molecule is Cc1ccc(NC(=O)c2cc([N+](=O)[O-])cn2C)c(Cl)c1. The van der Waals surface area contributed by atoms with Crippen molar-refractivity contribution in [3.8, 4) is 0 Å². The molecule has 0 spiro atoms. The van der Waals surface area contributed by atoms with Gasteiger partial charge < -0.3 is 9.88 Å². The second kappa shape index (κ2) is 5.34. The van der Waals surface area contributed by atoms with Crippen LogP contribution >= 0.6 is 11.6 Å². The number of aryl methyl sites for hydroxylation is 2. The van der Waals surface area contributed by atoms with E-state index >= 15 is 0 Å². The number of carbonyl (C=O) groups excluding carboxylic acids is 1. The van der Waals surface area contributed by atoms with E-state index in [1.807, 2.05) is 13.0 Å². The first-order valence-corrected chi connectivity index (χ1v) is 6.14. The van der Waals surface area contributed by atoms with Crippen LogP contribution in [0.4, 0.5) is 11.4 Å². The van der Waals surface area contributed by atoms with E-state index in [9.17, 15) is 14.9 Å². The van der Waals surface area contributed by atoms with Crippen LogP contribution in [0.1, 0.15) is 16.1 Å². The molecule has 0 atom stereocenters. The molecule has 0 unspecified atom stereocenters. The number of halogens is 1. The predicted molar refractivity (Wildman–Crippen MR) is 76.2 cm³/mol. The molecular weight excluding hydrogens is 282 g/mol. The first kappa shape index (κ1) is 14.1. The predicted octanol–water partition coefficient (Wildman–Crippen LogP) is 3.15. The summed E-state index contributed by atoms with van der Waals surface area (Å²) in [5, 5.41) is 13.7. The highest BCUT2D eigenvalue weighted by Gasteiger charge is 2.18. The lowest BCUT2D eigenvalue weighted by Crippen LogP contribution is -2.15. The molecule has 0 aliphatic heterocycles. The Morgan fingerprint density at radius 1 is 1.40 bits per heavy atom.